The summed E-state index contributed by atoms with van der Waals surface area (Å²) in [6, 6.07) is 9.23. The highest BCUT2D eigenvalue weighted by Crippen LogP contribution is 2.63. The fourth-order valence-corrected chi connectivity index (χ4v) is 5.69. The molecule has 0 aromatic heterocycles. The van der Waals surface area contributed by atoms with E-state index in [0.29, 0.717) is 5.41 Å². The molecule has 0 aliphatic heterocycles. The monoisotopic (exact) mass is 255 g/mol. The summed E-state index contributed by atoms with van der Waals surface area (Å²) in [6.07, 6.45) is 8.69. The number of hydrogen-bond donors (Lipinski definition) is 1. The van der Waals surface area contributed by atoms with Crippen LogP contribution in [-0.4, -0.2) is 0 Å². The van der Waals surface area contributed by atoms with E-state index >= 15 is 0 Å². The molecule has 0 spiro atoms. The molecule has 0 radical (unpaired) electrons. The van der Waals surface area contributed by atoms with Crippen molar-refractivity contribution in [3.05, 3.63) is 35.4 Å². The van der Waals surface area contributed by atoms with Crippen molar-refractivity contribution in [2.24, 2.45) is 28.9 Å². The van der Waals surface area contributed by atoms with Crippen molar-refractivity contribution in [2.45, 2.75) is 51.5 Å². The van der Waals surface area contributed by atoms with Crippen LogP contribution in [0.25, 0.3) is 0 Å². The van der Waals surface area contributed by atoms with Gasteiger partial charge in [0.2, 0.25) is 0 Å². The number of aryl methyl sites for hydroxylation is 1. The molecule has 5 rings (SSSR count). The lowest BCUT2D eigenvalue weighted by atomic mass is 9.47. The lowest BCUT2D eigenvalue weighted by molar-refractivity contribution is -0.0677. The summed E-state index contributed by atoms with van der Waals surface area (Å²) >= 11 is 0. The second-order valence-electron chi connectivity index (χ2n) is 7.67. The van der Waals surface area contributed by atoms with Gasteiger partial charge < -0.3 is 5.73 Å². The molecule has 102 valence electrons. The molecule has 0 heterocycles. The van der Waals surface area contributed by atoms with Crippen LogP contribution < -0.4 is 5.73 Å². The van der Waals surface area contributed by atoms with Crippen LogP contribution in [0.2, 0.25) is 0 Å². The summed E-state index contributed by atoms with van der Waals surface area (Å²) in [6.45, 7) is 2.15. The van der Waals surface area contributed by atoms with Crippen LogP contribution in [0.5, 0.6) is 0 Å². The van der Waals surface area contributed by atoms with Gasteiger partial charge in [-0.25, -0.2) is 0 Å². The van der Waals surface area contributed by atoms with E-state index in [4.69, 9.17) is 5.73 Å². The highest BCUT2D eigenvalue weighted by molar-refractivity contribution is 5.26. The molecule has 19 heavy (non-hydrogen) atoms. The van der Waals surface area contributed by atoms with Gasteiger partial charge in [-0.05, 0) is 74.2 Å². The molecule has 0 amide bonds. The smallest absolute Gasteiger partial charge is 0.0352 e. The zero-order valence-corrected chi connectivity index (χ0v) is 11.9. The third kappa shape index (κ3) is 1.86. The van der Waals surface area contributed by atoms with Gasteiger partial charge in [-0.2, -0.15) is 0 Å². The van der Waals surface area contributed by atoms with E-state index in [9.17, 15) is 0 Å². The Balaban J connectivity index is 1.65. The Bertz CT molecular complexity index is 438. The van der Waals surface area contributed by atoms with Crippen molar-refractivity contribution in [1.82, 2.24) is 0 Å². The van der Waals surface area contributed by atoms with Gasteiger partial charge in [0, 0.05) is 6.04 Å². The summed E-state index contributed by atoms with van der Waals surface area (Å²) in [5, 5.41) is 0. The largest absolute Gasteiger partial charge is 0.323 e. The topological polar surface area (TPSA) is 26.0 Å². The zero-order valence-electron chi connectivity index (χ0n) is 11.9. The fraction of sp³-hybridized carbons (Fsp3) is 0.667. The summed E-state index contributed by atoms with van der Waals surface area (Å²) in [5.41, 5.74) is 9.88. The van der Waals surface area contributed by atoms with E-state index in [1.807, 2.05) is 0 Å². The molecular weight excluding hydrogens is 230 g/mol. The Morgan fingerprint density at radius 2 is 1.42 bits per heavy atom. The van der Waals surface area contributed by atoms with E-state index in [0.717, 1.165) is 17.8 Å². The zero-order chi connectivity index (χ0) is 13.0. The normalized spacial score (nSPS) is 41.5. The second-order valence-corrected chi connectivity index (χ2v) is 7.67. The highest BCUT2D eigenvalue weighted by Gasteiger charge is 2.53. The minimum atomic E-state index is 0.265. The first-order chi connectivity index (χ1) is 9.14. The van der Waals surface area contributed by atoms with E-state index in [1.165, 1.54) is 49.7 Å². The third-order valence-corrected chi connectivity index (χ3v) is 6.18. The van der Waals surface area contributed by atoms with Crippen LogP contribution in [-0.2, 0) is 0 Å². The van der Waals surface area contributed by atoms with Crippen molar-refractivity contribution >= 4 is 0 Å². The first kappa shape index (κ1) is 12.0. The van der Waals surface area contributed by atoms with Crippen LogP contribution in [0, 0.1) is 30.1 Å². The first-order valence-corrected chi connectivity index (χ1v) is 7.97. The molecule has 4 aliphatic rings. The summed E-state index contributed by atoms with van der Waals surface area (Å²) in [5.74, 6) is 2.97. The molecule has 2 N–H and O–H groups in total. The Morgan fingerprint density at radius 3 is 1.89 bits per heavy atom. The first-order valence-electron chi connectivity index (χ1n) is 7.97. The van der Waals surface area contributed by atoms with Gasteiger partial charge in [0.1, 0.15) is 0 Å². The van der Waals surface area contributed by atoms with Gasteiger partial charge in [-0.1, -0.05) is 29.8 Å². The Morgan fingerprint density at radius 1 is 0.947 bits per heavy atom. The molecule has 4 bridgehead atoms. The molecule has 4 fully saturated rings. The van der Waals surface area contributed by atoms with Gasteiger partial charge >= 0.3 is 0 Å². The standard InChI is InChI=1S/C18H25N/c1-12-2-4-16(5-3-12)17(19)18-9-13-6-14(10-18)8-15(7-13)11-18/h2-5,13-15,17H,6-11,19H2,1H3. The van der Waals surface area contributed by atoms with E-state index in [-0.39, 0.29) is 6.04 Å². The Hall–Kier alpha value is -0.820. The predicted octanol–water partition coefficient (Wildman–Crippen LogP) is 4.21. The van der Waals surface area contributed by atoms with Crippen LogP contribution >= 0.6 is 0 Å². The van der Waals surface area contributed by atoms with Gasteiger partial charge in [0.15, 0.2) is 0 Å². The molecular formula is C18H25N. The lowest BCUT2D eigenvalue weighted by Crippen LogP contribution is -2.50. The maximum absolute atomic E-state index is 6.74. The SMILES string of the molecule is Cc1ccc(C(N)C23CC4CC(CC(C4)C2)C3)cc1. The quantitative estimate of drug-likeness (QED) is 0.841. The Labute approximate surface area is 116 Å². The highest BCUT2D eigenvalue weighted by atomic mass is 14.7. The predicted molar refractivity (Wildman–Crippen MR) is 78.7 cm³/mol. The second kappa shape index (κ2) is 4.09. The molecule has 1 aromatic rings. The van der Waals surface area contributed by atoms with Crippen LogP contribution in [0.3, 0.4) is 0 Å². The van der Waals surface area contributed by atoms with Crippen molar-refractivity contribution in [3.63, 3.8) is 0 Å². The van der Waals surface area contributed by atoms with Crippen LogP contribution in [0.1, 0.15) is 55.7 Å². The number of hydrogen-bond acceptors (Lipinski definition) is 1. The van der Waals surface area contributed by atoms with E-state index < -0.39 is 0 Å². The molecule has 1 aromatic carbocycles. The molecule has 1 atom stereocenters. The fourth-order valence-electron chi connectivity index (χ4n) is 5.69. The number of rotatable bonds is 2. The Kier molecular flexibility index (Phi) is 2.57. The molecule has 0 saturated heterocycles. The minimum Gasteiger partial charge on any atom is -0.323 e. The molecule has 1 unspecified atom stereocenters. The van der Waals surface area contributed by atoms with Crippen LogP contribution in [0.15, 0.2) is 24.3 Å². The molecule has 1 nitrogen and oxygen atoms in total. The number of nitrogens with two attached hydrogens (primary N) is 1. The van der Waals surface area contributed by atoms with Gasteiger partial charge in [-0.3, -0.25) is 0 Å². The van der Waals surface area contributed by atoms with Crippen molar-refractivity contribution in [1.29, 1.82) is 0 Å². The third-order valence-electron chi connectivity index (χ3n) is 6.18. The molecule has 4 saturated carbocycles. The summed E-state index contributed by atoms with van der Waals surface area (Å²) < 4.78 is 0. The maximum atomic E-state index is 6.74. The van der Waals surface area contributed by atoms with Gasteiger partial charge in [0.25, 0.3) is 0 Å². The van der Waals surface area contributed by atoms with E-state index in [1.54, 1.807) is 0 Å². The van der Waals surface area contributed by atoms with Gasteiger partial charge in [0.05, 0.1) is 0 Å². The maximum Gasteiger partial charge on any atom is 0.0352 e. The van der Waals surface area contributed by atoms with E-state index in [2.05, 4.69) is 31.2 Å². The summed E-state index contributed by atoms with van der Waals surface area (Å²) in [7, 11) is 0. The van der Waals surface area contributed by atoms with Crippen molar-refractivity contribution < 1.29 is 0 Å². The van der Waals surface area contributed by atoms with Crippen molar-refractivity contribution in [3.8, 4) is 0 Å². The average molecular weight is 255 g/mol. The van der Waals surface area contributed by atoms with Crippen LogP contribution in [0.4, 0.5) is 0 Å². The minimum absolute atomic E-state index is 0.265. The average Bonchev–Trinajstić information content (AvgIpc) is 2.37. The summed E-state index contributed by atoms with van der Waals surface area (Å²) in [4.78, 5) is 0. The van der Waals surface area contributed by atoms with Crippen molar-refractivity contribution in [2.75, 3.05) is 0 Å². The number of benzene rings is 1. The lowest BCUT2D eigenvalue weighted by Gasteiger charge is -2.59. The molecule has 1 heteroatoms. The van der Waals surface area contributed by atoms with Gasteiger partial charge in [-0.15, -0.1) is 0 Å². The molecule has 4 aliphatic carbocycles.